The molecule has 0 amide bonds. The average Bonchev–Trinajstić information content (AvgIpc) is 2.78. The molecule has 3 aromatic rings. The maximum Gasteiger partial charge on any atom is 0.320 e. The van der Waals surface area contributed by atoms with Gasteiger partial charge in [0.15, 0.2) is 21.6 Å². The number of aliphatic carboxylic acids is 2. The Balaban J connectivity index is 1.81. The molecule has 1 atom stereocenters. The first-order chi connectivity index (χ1) is 15.7. The van der Waals surface area contributed by atoms with E-state index in [9.17, 15) is 28.2 Å². The highest BCUT2D eigenvalue weighted by Crippen LogP contribution is 2.39. The van der Waals surface area contributed by atoms with Gasteiger partial charge in [0.05, 0.1) is 16.6 Å². The number of hydrogen-bond acceptors (Lipinski definition) is 8. The van der Waals surface area contributed by atoms with Crippen LogP contribution in [0.3, 0.4) is 0 Å². The number of sulfone groups is 1. The first-order valence-corrected chi connectivity index (χ1v) is 11.9. The van der Waals surface area contributed by atoms with E-state index in [1.807, 2.05) is 0 Å². The summed E-state index contributed by atoms with van der Waals surface area (Å²) in [6.45, 7) is 0.283. The summed E-state index contributed by atoms with van der Waals surface area (Å²) in [5, 5.41) is 19.5. The molecule has 0 fully saturated rings. The van der Waals surface area contributed by atoms with Gasteiger partial charge >= 0.3 is 11.9 Å². The van der Waals surface area contributed by atoms with Crippen LogP contribution >= 0.6 is 0 Å². The Morgan fingerprint density at radius 1 is 1.06 bits per heavy atom. The minimum atomic E-state index is -3.42. The minimum Gasteiger partial charge on any atom is -0.481 e. The molecule has 0 radical (unpaired) electrons. The maximum absolute atomic E-state index is 12.0. The lowest BCUT2D eigenvalue weighted by atomic mass is 9.87. The molecule has 170 valence electrons. The van der Waals surface area contributed by atoms with Gasteiger partial charge in [0.2, 0.25) is 0 Å². The topological polar surface area (TPSA) is 151 Å². The van der Waals surface area contributed by atoms with Gasteiger partial charge in [-0.1, -0.05) is 6.07 Å². The number of fused-ring (bicyclic) bond motifs is 1. The third-order valence-corrected chi connectivity index (χ3v) is 6.61. The lowest BCUT2D eigenvalue weighted by Gasteiger charge is -2.40. The minimum absolute atomic E-state index is 0.108. The van der Waals surface area contributed by atoms with E-state index >= 15 is 0 Å². The number of nitrogens with zero attached hydrogens (tertiary/aromatic N) is 4. The molecular weight excluding hydrogens is 448 g/mol. The zero-order valence-electron chi connectivity index (χ0n) is 17.5. The van der Waals surface area contributed by atoms with Gasteiger partial charge in [-0.25, -0.2) is 18.4 Å². The van der Waals surface area contributed by atoms with E-state index in [0.29, 0.717) is 34.9 Å². The Morgan fingerprint density at radius 3 is 2.33 bits per heavy atom. The van der Waals surface area contributed by atoms with Crippen LogP contribution in [0.25, 0.3) is 11.5 Å². The van der Waals surface area contributed by atoms with E-state index in [-0.39, 0.29) is 11.4 Å². The molecular formula is C22H20N4O6S. The van der Waals surface area contributed by atoms with Crippen molar-refractivity contribution in [2.75, 3.05) is 17.7 Å². The van der Waals surface area contributed by atoms with E-state index in [2.05, 4.69) is 15.0 Å². The van der Waals surface area contributed by atoms with Crippen LogP contribution in [0.2, 0.25) is 0 Å². The largest absolute Gasteiger partial charge is 0.481 e. The highest BCUT2D eigenvalue weighted by Gasteiger charge is 2.43. The number of rotatable bonds is 6. The zero-order valence-corrected chi connectivity index (χ0v) is 18.3. The molecule has 0 spiro atoms. The normalized spacial score (nSPS) is 15.8. The molecule has 33 heavy (non-hydrogen) atoms. The highest BCUT2D eigenvalue weighted by molar-refractivity contribution is 7.90. The number of benzene rings is 1. The summed E-state index contributed by atoms with van der Waals surface area (Å²) in [5.74, 6) is -4.41. The molecule has 2 aromatic heterocycles. The fraction of sp³-hybridized carbons (Fsp3) is 0.227. The van der Waals surface area contributed by atoms with Crippen LogP contribution in [0.5, 0.6) is 0 Å². The van der Waals surface area contributed by atoms with Crippen molar-refractivity contribution in [1.29, 1.82) is 0 Å². The average molecular weight is 468 g/mol. The predicted octanol–water partition coefficient (Wildman–Crippen LogP) is 1.83. The smallest absolute Gasteiger partial charge is 0.320 e. The van der Waals surface area contributed by atoms with Gasteiger partial charge in [-0.05, 0) is 36.4 Å². The lowest BCUT2D eigenvalue weighted by molar-refractivity contribution is -0.155. The molecule has 1 aromatic carbocycles. The number of carboxylic acids is 2. The van der Waals surface area contributed by atoms with Crippen molar-refractivity contribution >= 4 is 27.5 Å². The number of carboxylic acid groups (broad SMARTS) is 2. The van der Waals surface area contributed by atoms with Crippen LogP contribution in [-0.4, -0.2) is 58.3 Å². The first-order valence-electron chi connectivity index (χ1n) is 9.96. The van der Waals surface area contributed by atoms with Crippen LogP contribution in [0.1, 0.15) is 17.3 Å². The fourth-order valence-electron chi connectivity index (χ4n) is 3.94. The number of pyridine rings is 1. The van der Waals surface area contributed by atoms with Crippen molar-refractivity contribution in [3.05, 3.63) is 66.1 Å². The Kier molecular flexibility index (Phi) is 5.81. The Labute approximate surface area is 189 Å². The Morgan fingerprint density at radius 2 is 1.76 bits per heavy atom. The summed E-state index contributed by atoms with van der Waals surface area (Å²) in [4.78, 5) is 38.8. The van der Waals surface area contributed by atoms with Gasteiger partial charge in [-0.3, -0.25) is 14.6 Å². The summed E-state index contributed by atoms with van der Waals surface area (Å²) in [5.41, 5.74) is 1.98. The number of carbonyl (C=O) groups is 2. The van der Waals surface area contributed by atoms with Gasteiger partial charge in [0, 0.05) is 42.9 Å². The van der Waals surface area contributed by atoms with Crippen LogP contribution < -0.4 is 4.90 Å². The van der Waals surface area contributed by atoms with Crippen molar-refractivity contribution in [3.8, 4) is 11.5 Å². The summed E-state index contributed by atoms with van der Waals surface area (Å²) < 4.78 is 23.6. The van der Waals surface area contributed by atoms with E-state index in [1.165, 1.54) is 30.5 Å². The fourth-order valence-corrected chi connectivity index (χ4v) is 4.57. The molecule has 1 aliphatic rings. The van der Waals surface area contributed by atoms with Crippen molar-refractivity contribution in [1.82, 2.24) is 15.0 Å². The van der Waals surface area contributed by atoms with Crippen LogP contribution in [0.15, 0.2) is 59.8 Å². The SMILES string of the molecule is CS(=O)(=O)c1ccc(N2CCc3nc(-c4ccccn4)ncc3C2C(C(=O)O)C(=O)O)cc1. The number of hydrogen-bond donors (Lipinski definition) is 2. The standard InChI is InChI=1S/C22H20N4O6S/c1-33(31,32)14-7-5-13(6-8-14)26-11-9-16-15(19(26)18(21(27)28)22(29)30)12-24-20(25-16)17-4-2-3-10-23-17/h2-8,10,12,18-19H,9,11H2,1H3,(H,27,28)(H,29,30). The van der Waals surface area contributed by atoms with Crippen molar-refractivity contribution in [3.63, 3.8) is 0 Å². The summed E-state index contributed by atoms with van der Waals surface area (Å²) >= 11 is 0. The third-order valence-electron chi connectivity index (χ3n) is 5.48. The third kappa shape index (κ3) is 4.40. The molecule has 3 heterocycles. The molecule has 1 aliphatic heterocycles. The Bertz CT molecular complexity index is 1300. The monoisotopic (exact) mass is 468 g/mol. The van der Waals surface area contributed by atoms with E-state index in [1.54, 1.807) is 29.3 Å². The molecule has 4 rings (SSSR count). The first kappa shape index (κ1) is 22.3. The van der Waals surface area contributed by atoms with Gasteiger partial charge < -0.3 is 15.1 Å². The number of aromatic nitrogens is 3. The van der Waals surface area contributed by atoms with Gasteiger partial charge in [0.25, 0.3) is 0 Å². The second-order valence-electron chi connectivity index (χ2n) is 7.62. The van der Waals surface area contributed by atoms with E-state index in [4.69, 9.17) is 0 Å². The van der Waals surface area contributed by atoms with E-state index in [0.717, 1.165) is 6.26 Å². The molecule has 11 heteroatoms. The maximum atomic E-state index is 12.0. The quantitative estimate of drug-likeness (QED) is 0.513. The van der Waals surface area contributed by atoms with Crippen molar-refractivity contribution in [2.45, 2.75) is 17.4 Å². The summed E-state index contributed by atoms with van der Waals surface area (Å²) in [7, 11) is -3.42. The molecule has 0 aliphatic carbocycles. The molecule has 1 unspecified atom stereocenters. The summed E-state index contributed by atoms with van der Waals surface area (Å²) in [6.07, 6.45) is 4.55. The molecule has 0 saturated heterocycles. The molecule has 0 bridgehead atoms. The Hall–Kier alpha value is -3.86. The summed E-state index contributed by atoms with van der Waals surface area (Å²) in [6, 6.07) is 10.1. The van der Waals surface area contributed by atoms with Crippen molar-refractivity contribution in [2.24, 2.45) is 5.92 Å². The van der Waals surface area contributed by atoms with Crippen LogP contribution in [0.4, 0.5) is 5.69 Å². The second kappa shape index (κ2) is 8.58. The van der Waals surface area contributed by atoms with Gasteiger partial charge in [-0.15, -0.1) is 0 Å². The number of anilines is 1. The molecule has 0 saturated carbocycles. The second-order valence-corrected chi connectivity index (χ2v) is 9.63. The van der Waals surface area contributed by atoms with Crippen LogP contribution in [-0.2, 0) is 25.8 Å². The molecule has 2 N–H and O–H groups in total. The zero-order chi connectivity index (χ0) is 23.8. The predicted molar refractivity (Wildman–Crippen MR) is 117 cm³/mol. The van der Waals surface area contributed by atoms with E-state index < -0.39 is 33.7 Å². The highest BCUT2D eigenvalue weighted by atomic mass is 32.2. The molecule has 10 nitrogen and oxygen atoms in total. The lowest BCUT2D eigenvalue weighted by Crippen LogP contribution is -2.45. The van der Waals surface area contributed by atoms with Crippen molar-refractivity contribution < 1.29 is 28.2 Å². The van der Waals surface area contributed by atoms with Gasteiger partial charge in [0.1, 0.15) is 5.69 Å². The van der Waals surface area contributed by atoms with Crippen LogP contribution in [0, 0.1) is 5.92 Å². The van der Waals surface area contributed by atoms with Gasteiger partial charge in [-0.2, -0.15) is 0 Å².